The maximum Gasteiger partial charge on any atom is 0.336 e. The molecule has 0 aliphatic rings. The molecular formula is C24H20FN5O5. The highest BCUT2D eigenvalue weighted by molar-refractivity contribution is 6.04. The van der Waals surface area contributed by atoms with Gasteiger partial charge in [0.05, 0.1) is 17.2 Å². The number of hydrogen-bond acceptors (Lipinski definition) is 7. The Morgan fingerprint density at radius 1 is 1.09 bits per heavy atom. The number of carbonyl (C=O) groups excluding carboxylic acids is 1. The summed E-state index contributed by atoms with van der Waals surface area (Å²) in [7, 11) is 1.54. The average Bonchev–Trinajstić information content (AvgIpc) is 3.29. The number of halogens is 1. The van der Waals surface area contributed by atoms with E-state index in [-0.39, 0.29) is 23.9 Å². The van der Waals surface area contributed by atoms with E-state index in [1.54, 1.807) is 43.5 Å². The van der Waals surface area contributed by atoms with Crippen LogP contribution in [-0.4, -0.2) is 45.9 Å². The monoisotopic (exact) mass is 477 g/mol. The lowest BCUT2D eigenvalue weighted by Crippen LogP contribution is -2.12. The van der Waals surface area contributed by atoms with Crippen LogP contribution in [0.25, 0.3) is 17.1 Å². The summed E-state index contributed by atoms with van der Waals surface area (Å²) in [5, 5.41) is 18.1. The molecular weight excluding hydrogens is 457 g/mol. The van der Waals surface area contributed by atoms with E-state index in [0.717, 1.165) is 0 Å². The van der Waals surface area contributed by atoms with E-state index in [2.05, 4.69) is 15.4 Å². The van der Waals surface area contributed by atoms with Crippen molar-refractivity contribution in [3.05, 3.63) is 94.3 Å². The molecule has 0 fully saturated rings. The second-order valence-electron chi connectivity index (χ2n) is 7.29. The number of nitro groups is 1. The zero-order valence-corrected chi connectivity index (χ0v) is 18.6. The first kappa shape index (κ1) is 23.5. The number of nitrogens with one attached hydrogen (secondary N) is 1. The molecule has 1 aromatic heterocycles. The van der Waals surface area contributed by atoms with E-state index in [1.165, 1.54) is 41.1 Å². The number of nitrogens with zero attached hydrogens (tertiary/aromatic N) is 4. The van der Waals surface area contributed by atoms with Crippen LogP contribution in [0.5, 0.6) is 6.01 Å². The first-order chi connectivity index (χ1) is 16.9. The second kappa shape index (κ2) is 10.5. The van der Waals surface area contributed by atoms with Gasteiger partial charge in [-0.05, 0) is 36.4 Å². The molecule has 4 rings (SSSR count). The Kier molecular flexibility index (Phi) is 7.07. The molecule has 1 heterocycles. The van der Waals surface area contributed by atoms with Crippen molar-refractivity contribution in [1.29, 1.82) is 0 Å². The van der Waals surface area contributed by atoms with E-state index in [9.17, 15) is 19.3 Å². The smallest absolute Gasteiger partial charge is 0.336 e. The zero-order valence-electron chi connectivity index (χ0n) is 18.6. The molecule has 10 nitrogen and oxygen atoms in total. The van der Waals surface area contributed by atoms with Gasteiger partial charge in [-0.1, -0.05) is 24.3 Å². The molecule has 0 atom stereocenters. The summed E-state index contributed by atoms with van der Waals surface area (Å²) in [6.07, 6.45) is 0. The average molecular weight is 477 g/mol. The lowest BCUT2D eigenvalue weighted by atomic mass is 10.1. The van der Waals surface area contributed by atoms with Crippen molar-refractivity contribution in [2.75, 3.05) is 25.6 Å². The van der Waals surface area contributed by atoms with Crippen LogP contribution >= 0.6 is 0 Å². The molecule has 0 saturated carbocycles. The van der Waals surface area contributed by atoms with Gasteiger partial charge in [0.15, 0.2) is 5.82 Å². The third-order valence-corrected chi connectivity index (χ3v) is 4.86. The standard InChI is InChI=1S/C24H20FN5O5/c1-34-11-12-35-24-27-22(16-5-2-7-18(25)13-16)29(28-24)20-9-4-8-19(15-20)26-23(31)17-6-3-10-21(14-17)30(32)33/h2-10,13-15H,11-12H2,1H3,(H,26,31). The number of aromatic nitrogens is 3. The molecule has 1 N–H and O–H groups in total. The first-order valence-corrected chi connectivity index (χ1v) is 10.5. The van der Waals surface area contributed by atoms with E-state index >= 15 is 0 Å². The molecule has 11 heteroatoms. The van der Waals surface area contributed by atoms with Crippen LogP contribution in [0, 0.1) is 15.9 Å². The quantitative estimate of drug-likeness (QED) is 0.217. The minimum atomic E-state index is -0.567. The van der Waals surface area contributed by atoms with Gasteiger partial charge in [-0.15, -0.1) is 5.10 Å². The van der Waals surface area contributed by atoms with Gasteiger partial charge in [-0.2, -0.15) is 4.98 Å². The summed E-state index contributed by atoms with van der Waals surface area (Å²) in [5.41, 5.74) is 1.37. The highest BCUT2D eigenvalue weighted by atomic mass is 19.1. The molecule has 0 saturated heterocycles. The summed E-state index contributed by atoms with van der Waals surface area (Å²) in [6, 6.07) is 18.1. The Bertz CT molecular complexity index is 1370. The zero-order chi connectivity index (χ0) is 24.8. The Morgan fingerprint density at radius 2 is 1.89 bits per heavy atom. The van der Waals surface area contributed by atoms with Crippen molar-refractivity contribution in [3.63, 3.8) is 0 Å². The highest BCUT2D eigenvalue weighted by Gasteiger charge is 2.17. The van der Waals surface area contributed by atoms with Gasteiger partial charge in [0.25, 0.3) is 11.6 Å². The van der Waals surface area contributed by atoms with Crippen LogP contribution in [-0.2, 0) is 4.74 Å². The molecule has 35 heavy (non-hydrogen) atoms. The summed E-state index contributed by atoms with van der Waals surface area (Å²) >= 11 is 0. The largest absolute Gasteiger partial charge is 0.460 e. The van der Waals surface area contributed by atoms with Gasteiger partial charge in [-0.3, -0.25) is 14.9 Å². The van der Waals surface area contributed by atoms with Crippen LogP contribution < -0.4 is 10.1 Å². The van der Waals surface area contributed by atoms with Crippen molar-refractivity contribution in [2.24, 2.45) is 0 Å². The molecule has 3 aromatic carbocycles. The molecule has 0 bridgehead atoms. The predicted molar refractivity (Wildman–Crippen MR) is 125 cm³/mol. The fourth-order valence-electron chi connectivity index (χ4n) is 3.24. The van der Waals surface area contributed by atoms with Gasteiger partial charge < -0.3 is 14.8 Å². The second-order valence-corrected chi connectivity index (χ2v) is 7.29. The highest BCUT2D eigenvalue weighted by Crippen LogP contribution is 2.26. The number of non-ortho nitro benzene ring substituents is 1. The van der Waals surface area contributed by atoms with E-state index in [1.807, 2.05) is 0 Å². The third-order valence-electron chi connectivity index (χ3n) is 4.86. The SMILES string of the molecule is COCCOc1nc(-c2cccc(F)c2)n(-c2cccc(NC(=O)c3cccc([N+](=O)[O-])c3)c2)n1. The Morgan fingerprint density at radius 3 is 2.66 bits per heavy atom. The van der Waals surface area contributed by atoms with E-state index < -0.39 is 16.6 Å². The number of rotatable bonds is 9. The molecule has 0 aliphatic heterocycles. The number of methoxy groups -OCH3 is 1. The number of hydrogen-bond donors (Lipinski definition) is 1. The summed E-state index contributed by atoms with van der Waals surface area (Å²) in [4.78, 5) is 27.5. The Labute approximate surface area is 199 Å². The van der Waals surface area contributed by atoms with E-state index in [0.29, 0.717) is 29.4 Å². The van der Waals surface area contributed by atoms with Crippen LogP contribution in [0.3, 0.4) is 0 Å². The van der Waals surface area contributed by atoms with Crippen molar-refractivity contribution in [1.82, 2.24) is 14.8 Å². The van der Waals surface area contributed by atoms with Gasteiger partial charge in [0.1, 0.15) is 12.4 Å². The third kappa shape index (κ3) is 5.65. The summed E-state index contributed by atoms with van der Waals surface area (Å²) in [6.45, 7) is 0.561. The number of nitro benzene ring substituents is 1. The Balaban J connectivity index is 1.65. The number of carbonyl (C=O) groups is 1. The number of ether oxygens (including phenoxy) is 2. The van der Waals surface area contributed by atoms with Crippen LogP contribution in [0.1, 0.15) is 10.4 Å². The van der Waals surface area contributed by atoms with Crippen molar-refractivity contribution in [3.8, 4) is 23.1 Å². The fraction of sp³-hybridized carbons (Fsp3) is 0.125. The van der Waals surface area contributed by atoms with Gasteiger partial charge in [0, 0.05) is 36.1 Å². The van der Waals surface area contributed by atoms with Gasteiger partial charge in [-0.25, -0.2) is 9.07 Å². The fourth-order valence-corrected chi connectivity index (χ4v) is 3.24. The number of benzene rings is 3. The molecule has 1 amide bonds. The van der Waals surface area contributed by atoms with E-state index in [4.69, 9.17) is 9.47 Å². The number of amides is 1. The minimum absolute atomic E-state index is 0.0762. The summed E-state index contributed by atoms with van der Waals surface area (Å²) < 4.78 is 25.9. The lowest BCUT2D eigenvalue weighted by molar-refractivity contribution is -0.384. The van der Waals surface area contributed by atoms with Crippen LogP contribution in [0.2, 0.25) is 0 Å². The first-order valence-electron chi connectivity index (χ1n) is 10.5. The summed E-state index contributed by atoms with van der Waals surface area (Å²) in [5.74, 6) is -0.616. The maximum absolute atomic E-state index is 13.9. The van der Waals surface area contributed by atoms with Crippen molar-refractivity contribution >= 4 is 17.3 Å². The Hall–Kier alpha value is -4.64. The van der Waals surface area contributed by atoms with Crippen LogP contribution in [0.4, 0.5) is 15.8 Å². The van der Waals surface area contributed by atoms with Gasteiger partial charge >= 0.3 is 6.01 Å². The molecule has 0 spiro atoms. The normalized spacial score (nSPS) is 10.7. The van der Waals surface area contributed by atoms with Crippen molar-refractivity contribution < 1.29 is 23.6 Å². The minimum Gasteiger partial charge on any atom is -0.460 e. The predicted octanol–water partition coefficient (Wildman–Crippen LogP) is 4.26. The topological polar surface area (TPSA) is 121 Å². The van der Waals surface area contributed by atoms with Crippen LogP contribution in [0.15, 0.2) is 72.8 Å². The molecule has 178 valence electrons. The van der Waals surface area contributed by atoms with Gasteiger partial charge in [0.2, 0.25) is 0 Å². The number of anilines is 1. The molecule has 0 unspecified atom stereocenters. The molecule has 4 aromatic rings. The molecule has 0 radical (unpaired) electrons. The maximum atomic E-state index is 13.9. The van der Waals surface area contributed by atoms with Crippen molar-refractivity contribution in [2.45, 2.75) is 0 Å². The lowest BCUT2D eigenvalue weighted by Gasteiger charge is -2.09. The molecule has 0 aliphatic carbocycles.